The van der Waals surface area contributed by atoms with Crippen molar-refractivity contribution in [1.29, 1.82) is 0 Å². The molecule has 17 heavy (non-hydrogen) atoms. The zero-order valence-corrected chi connectivity index (χ0v) is 11.5. The van der Waals surface area contributed by atoms with Gasteiger partial charge < -0.3 is 15.4 Å². The second-order valence-electron chi connectivity index (χ2n) is 6.19. The quantitative estimate of drug-likeness (QED) is 0.782. The van der Waals surface area contributed by atoms with Gasteiger partial charge in [0.2, 0.25) is 0 Å². The summed E-state index contributed by atoms with van der Waals surface area (Å²) < 4.78 is 5.77. The summed E-state index contributed by atoms with van der Waals surface area (Å²) in [6, 6.07) is 0.466. The first-order valence-electron chi connectivity index (χ1n) is 6.80. The zero-order valence-electron chi connectivity index (χ0n) is 11.5. The van der Waals surface area contributed by atoms with Crippen molar-refractivity contribution in [3.05, 3.63) is 0 Å². The minimum atomic E-state index is 0.197. The third-order valence-corrected chi connectivity index (χ3v) is 4.09. The molecule has 0 spiro atoms. The highest BCUT2D eigenvalue weighted by Gasteiger charge is 2.39. The zero-order chi connectivity index (χ0) is 12.5. The third kappa shape index (κ3) is 2.99. The van der Waals surface area contributed by atoms with Crippen molar-refractivity contribution in [2.45, 2.75) is 44.4 Å². The Balaban J connectivity index is 2.03. The van der Waals surface area contributed by atoms with Crippen LogP contribution < -0.4 is 5.73 Å². The van der Waals surface area contributed by atoms with Crippen LogP contribution in [0, 0.1) is 0 Å². The fourth-order valence-electron chi connectivity index (χ4n) is 3.37. The van der Waals surface area contributed by atoms with E-state index in [0.29, 0.717) is 12.1 Å². The van der Waals surface area contributed by atoms with Gasteiger partial charge in [-0.2, -0.15) is 0 Å². The van der Waals surface area contributed by atoms with E-state index in [-0.39, 0.29) is 5.54 Å². The van der Waals surface area contributed by atoms with Crippen molar-refractivity contribution in [3.8, 4) is 0 Å². The summed E-state index contributed by atoms with van der Waals surface area (Å²) in [7, 11) is 2.19. The van der Waals surface area contributed by atoms with Gasteiger partial charge in [-0.05, 0) is 33.7 Å². The first-order valence-corrected chi connectivity index (χ1v) is 6.80. The lowest BCUT2D eigenvalue weighted by Gasteiger charge is -2.51. The minimum Gasteiger partial charge on any atom is -0.377 e. The van der Waals surface area contributed by atoms with Gasteiger partial charge in [0.1, 0.15) is 0 Å². The maximum Gasteiger partial charge on any atom is 0.0703 e. The Labute approximate surface area is 105 Å². The second-order valence-corrected chi connectivity index (χ2v) is 6.19. The molecule has 2 N–H and O–H groups in total. The number of likely N-dealkylation sites (N-methyl/N-ethyl adjacent to an activating group) is 1. The number of rotatable bonds is 3. The highest BCUT2D eigenvalue weighted by molar-refractivity contribution is 4.96. The topological polar surface area (TPSA) is 41.7 Å². The lowest BCUT2D eigenvalue weighted by molar-refractivity contribution is -0.0433. The predicted molar refractivity (Wildman–Crippen MR) is 70.1 cm³/mol. The lowest BCUT2D eigenvalue weighted by Crippen LogP contribution is -2.66. The van der Waals surface area contributed by atoms with Gasteiger partial charge in [-0.3, -0.25) is 4.90 Å². The molecule has 2 saturated heterocycles. The highest BCUT2D eigenvalue weighted by atomic mass is 16.5. The van der Waals surface area contributed by atoms with Crippen LogP contribution in [-0.2, 0) is 4.74 Å². The smallest absolute Gasteiger partial charge is 0.0703 e. The summed E-state index contributed by atoms with van der Waals surface area (Å²) >= 11 is 0. The summed E-state index contributed by atoms with van der Waals surface area (Å²) in [4.78, 5) is 4.96. The summed E-state index contributed by atoms with van der Waals surface area (Å²) in [6.45, 7) is 9.54. The van der Waals surface area contributed by atoms with Crippen molar-refractivity contribution in [3.63, 3.8) is 0 Å². The monoisotopic (exact) mass is 241 g/mol. The van der Waals surface area contributed by atoms with Gasteiger partial charge in [-0.25, -0.2) is 0 Å². The molecule has 100 valence electrons. The van der Waals surface area contributed by atoms with Gasteiger partial charge >= 0.3 is 0 Å². The van der Waals surface area contributed by atoms with Crippen molar-refractivity contribution >= 4 is 0 Å². The van der Waals surface area contributed by atoms with Gasteiger partial charge in [0.05, 0.1) is 6.10 Å². The van der Waals surface area contributed by atoms with Crippen LogP contribution in [0.2, 0.25) is 0 Å². The highest BCUT2D eigenvalue weighted by Crippen LogP contribution is 2.26. The molecule has 0 aliphatic carbocycles. The van der Waals surface area contributed by atoms with E-state index < -0.39 is 0 Å². The van der Waals surface area contributed by atoms with Crippen LogP contribution in [0.15, 0.2) is 0 Å². The minimum absolute atomic E-state index is 0.197. The average Bonchev–Trinajstić information content (AvgIpc) is 2.73. The molecule has 2 unspecified atom stereocenters. The molecule has 0 radical (unpaired) electrons. The first-order chi connectivity index (χ1) is 8.03. The first kappa shape index (κ1) is 13.3. The molecule has 0 aromatic carbocycles. The largest absolute Gasteiger partial charge is 0.377 e. The SMILES string of the molecule is CN1CC(CN)N(CC2CCCO2)C(C)(C)C1. The van der Waals surface area contributed by atoms with E-state index in [1.54, 1.807) is 0 Å². The fourth-order valence-corrected chi connectivity index (χ4v) is 3.37. The van der Waals surface area contributed by atoms with Crippen molar-refractivity contribution in [1.82, 2.24) is 9.80 Å². The van der Waals surface area contributed by atoms with Gasteiger partial charge in [-0.15, -0.1) is 0 Å². The number of ether oxygens (including phenoxy) is 1. The van der Waals surface area contributed by atoms with Crippen molar-refractivity contribution in [2.24, 2.45) is 5.73 Å². The van der Waals surface area contributed by atoms with Crippen LogP contribution in [0.5, 0.6) is 0 Å². The van der Waals surface area contributed by atoms with Crippen molar-refractivity contribution < 1.29 is 4.74 Å². The van der Waals surface area contributed by atoms with Crippen LogP contribution in [0.4, 0.5) is 0 Å². The molecule has 2 aliphatic heterocycles. The van der Waals surface area contributed by atoms with Gasteiger partial charge in [0.15, 0.2) is 0 Å². The molecule has 2 aliphatic rings. The molecule has 4 nitrogen and oxygen atoms in total. The third-order valence-electron chi connectivity index (χ3n) is 4.09. The van der Waals surface area contributed by atoms with Gasteiger partial charge in [-0.1, -0.05) is 0 Å². The van der Waals surface area contributed by atoms with E-state index in [1.165, 1.54) is 12.8 Å². The van der Waals surface area contributed by atoms with Crippen LogP contribution in [0.25, 0.3) is 0 Å². The van der Waals surface area contributed by atoms with Crippen LogP contribution in [0.3, 0.4) is 0 Å². The molecule has 2 atom stereocenters. The molecular formula is C13H27N3O. The fraction of sp³-hybridized carbons (Fsp3) is 1.00. The Morgan fingerprint density at radius 3 is 2.76 bits per heavy atom. The normalized spacial score (nSPS) is 35.3. The van der Waals surface area contributed by atoms with Crippen molar-refractivity contribution in [2.75, 3.05) is 39.8 Å². The average molecular weight is 241 g/mol. The number of nitrogens with zero attached hydrogens (tertiary/aromatic N) is 2. The molecule has 0 bridgehead atoms. The Morgan fingerprint density at radius 2 is 2.18 bits per heavy atom. The van der Waals surface area contributed by atoms with Gasteiger partial charge in [0.25, 0.3) is 0 Å². The van der Waals surface area contributed by atoms with E-state index in [9.17, 15) is 0 Å². The number of hydrogen-bond donors (Lipinski definition) is 1. The molecule has 2 fully saturated rings. The summed E-state index contributed by atoms with van der Waals surface area (Å²) in [5.41, 5.74) is 6.14. The molecule has 0 saturated carbocycles. The molecule has 0 aromatic heterocycles. The predicted octanol–water partition coefficient (Wildman–Crippen LogP) is 0.519. The van der Waals surface area contributed by atoms with E-state index >= 15 is 0 Å². The van der Waals surface area contributed by atoms with E-state index in [2.05, 4.69) is 30.7 Å². The molecule has 2 rings (SSSR count). The van der Waals surface area contributed by atoms with Crippen LogP contribution in [-0.4, -0.2) is 67.3 Å². The van der Waals surface area contributed by atoms with E-state index in [1.807, 2.05) is 0 Å². The lowest BCUT2D eigenvalue weighted by atomic mass is 9.94. The number of nitrogens with two attached hydrogens (primary N) is 1. The second kappa shape index (κ2) is 5.22. The number of hydrogen-bond acceptors (Lipinski definition) is 4. The molecule has 2 heterocycles. The maximum atomic E-state index is 5.94. The molecule has 0 amide bonds. The molecule has 0 aromatic rings. The Kier molecular flexibility index (Phi) is 4.08. The van der Waals surface area contributed by atoms with E-state index in [0.717, 1.165) is 32.8 Å². The standard InChI is InChI=1S/C13H27N3O/c1-13(2)10-15(3)8-11(7-14)16(13)9-12-5-4-6-17-12/h11-12H,4-10,14H2,1-3H3. The summed E-state index contributed by atoms with van der Waals surface area (Å²) in [5, 5.41) is 0. The Hall–Kier alpha value is -0.160. The van der Waals surface area contributed by atoms with Gasteiger partial charge in [0, 0.05) is 44.4 Å². The van der Waals surface area contributed by atoms with E-state index in [4.69, 9.17) is 10.5 Å². The Bertz CT molecular complexity index is 251. The van der Waals surface area contributed by atoms with Crippen LogP contribution >= 0.6 is 0 Å². The van der Waals surface area contributed by atoms with Crippen LogP contribution in [0.1, 0.15) is 26.7 Å². The summed E-state index contributed by atoms with van der Waals surface area (Å²) in [6.07, 6.45) is 2.85. The molecular weight excluding hydrogens is 214 g/mol. The molecule has 4 heteroatoms. The number of piperazine rings is 1. The summed E-state index contributed by atoms with van der Waals surface area (Å²) in [5.74, 6) is 0. The maximum absolute atomic E-state index is 5.94. The Morgan fingerprint density at radius 1 is 1.41 bits per heavy atom.